The first-order chi connectivity index (χ1) is 12.5. The summed E-state index contributed by atoms with van der Waals surface area (Å²) in [4.78, 5) is 15.1. The van der Waals surface area contributed by atoms with Gasteiger partial charge in [-0.25, -0.2) is 9.82 Å². The van der Waals surface area contributed by atoms with Gasteiger partial charge in [-0.05, 0) is 45.7 Å². The second-order valence-electron chi connectivity index (χ2n) is 7.15. The Morgan fingerprint density at radius 2 is 2.15 bits per heavy atom. The molecule has 3 aliphatic rings. The first-order valence-corrected chi connectivity index (χ1v) is 9.64. The van der Waals surface area contributed by atoms with Crippen LogP contribution in [0.3, 0.4) is 0 Å². The Balaban J connectivity index is 0.00000364. The van der Waals surface area contributed by atoms with E-state index in [4.69, 9.17) is 0 Å². The van der Waals surface area contributed by atoms with Crippen LogP contribution in [0.15, 0.2) is 36.2 Å². The average Bonchev–Trinajstić information content (AvgIpc) is 2.66. The Morgan fingerprint density at radius 1 is 1.46 bits per heavy atom. The average molecular weight is 367 g/mol. The van der Waals surface area contributed by atoms with Crippen molar-refractivity contribution in [3.63, 3.8) is 0 Å². The standard InChI is InChI=1S/C20H33FN4O.H2/c1-5-17(21)12-18(6-2)25(22-7-3)13-15(4)20(26)23-19-14-24-10-8-16(19)9-11-24;/h5-6,13,16-17,19,22H,1,7-12,14H2,2-4H3,(H,23,26);1H/b15-13+,18-6+;/t17-,19-;/m0./s1. The highest BCUT2D eigenvalue weighted by Gasteiger charge is 2.34. The number of nitrogens with one attached hydrogen (secondary N) is 2. The summed E-state index contributed by atoms with van der Waals surface area (Å²) in [5, 5.41) is 4.94. The summed E-state index contributed by atoms with van der Waals surface area (Å²) in [6, 6.07) is 0.234. The van der Waals surface area contributed by atoms with Gasteiger partial charge >= 0.3 is 0 Å². The van der Waals surface area contributed by atoms with Crippen molar-refractivity contribution in [3.8, 4) is 0 Å². The van der Waals surface area contributed by atoms with Crippen molar-refractivity contribution in [2.45, 2.75) is 52.2 Å². The van der Waals surface area contributed by atoms with Gasteiger partial charge in [-0.2, -0.15) is 0 Å². The number of fused-ring (bicyclic) bond motifs is 3. The van der Waals surface area contributed by atoms with E-state index in [1.165, 1.54) is 18.9 Å². The molecule has 148 valence electrons. The van der Waals surface area contributed by atoms with E-state index in [1.54, 1.807) is 18.1 Å². The van der Waals surface area contributed by atoms with Crippen LogP contribution >= 0.6 is 0 Å². The summed E-state index contributed by atoms with van der Waals surface area (Å²) in [5.41, 5.74) is 4.56. The lowest BCUT2D eigenvalue weighted by molar-refractivity contribution is -0.119. The molecule has 3 aliphatic heterocycles. The number of rotatable bonds is 9. The third kappa shape index (κ3) is 5.42. The number of hydrazine groups is 1. The van der Waals surface area contributed by atoms with Crippen molar-refractivity contribution in [1.29, 1.82) is 0 Å². The van der Waals surface area contributed by atoms with Crippen LogP contribution in [0.25, 0.3) is 0 Å². The van der Waals surface area contributed by atoms with Crippen LogP contribution in [0.4, 0.5) is 4.39 Å². The SMILES string of the molecule is C=C[C@H](F)C/C(=C\C)N(/C=C(\C)C(=O)N[C@H]1CN2CCC1CC2)NCC.[HH]. The van der Waals surface area contributed by atoms with Gasteiger partial charge in [0, 0.05) is 44.4 Å². The molecule has 0 aliphatic carbocycles. The van der Waals surface area contributed by atoms with Crippen molar-refractivity contribution in [2.24, 2.45) is 5.92 Å². The van der Waals surface area contributed by atoms with E-state index in [0.717, 1.165) is 25.3 Å². The maximum absolute atomic E-state index is 13.7. The molecular weight excluding hydrogens is 331 g/mol. The lowest BCUT2D eigenvalue weighted by Crippen LogP contribution is -2.57. The fraction of sp³-hybridized carbons (Fsp3) is 0.650. The molecule has 0 spiro atoms. The normalized spacial score (nSPS) is 27.2. The second-order valence-corrected chi connectivity index (χ2v) is 7.15. The Hall–Kier alpha value is -1.66. The van der Waals surface area contributed by atoms with Gasteiger partial charge < -0.3 is 10.2 Å². The number of carbonyl (C=O) groups is 1. The van der Waals surface area contributed by atoms with Gasteiger partial charge in [0.2, 0.25) is 5.91 Å². The molecule has 3 rings (SSSR count). The topological polar surface area (TPSA) is 47.6 Å². The van der Waals surface area contributed by atoms with Gasteiger partial charge in [0.25, 0.3) is 0 Å². The van der Waals surface area contributed by atoms with Gasteiger partial charge in [0.1, 0.15) is 6.17 Å². The van der Waals surface area contributed by atoms with Crippen LogP contribution in [0.1, 0.15) is 41.5 Å². The van der Waals surface area contributed by atoms with Crippen LogP contribution < -0.4 is 10.7 Å². The van der Waals surface area contributed by atoms with E-state index < -0.39 is 6.17 Å². The molecule has 0 saturated carbocycles. The van der Waals surface area contributed by atoms with Crippen molar-refractivity contribution in [3.05, 3.63) is 36.2 Å². The van der Waals surface area contributed by atoms with E-state index >= 15 is 0 Å². The number of amides is 1. The molecule has 2 atom stereocenters. The molecule has 26 heavy (non-hydrogen) atoms. The summed E-state index contributed by atoms with van der Waals surface area (Å²) < 4.78 is 13.7. The highest BCUT2D eigenvalue weighted by atomic mass is 19.1. The molecule has 2 bridgehead atoms. The third-order valence-electron chi connectivity index (χ3n) is 5.28. The zero-order chi connectivity index (χ0) is 19.1. The van der Waals surface area contributed by atoms with Crippen LogP contribution in [-0.4, -0.2) is 54.2 Å². The Morgan fingerprint density at radius 3 is 2.65 bits per heavy atom. The fourth-order valence-electron chi connectivity index (χ4n) is 3.70. The van der Waals surface area contributed by atoms with Gasteiger partial charge in [-0.15, -0.1) is 6.58 Å². The monoisotopic (exact) mass is 366 g/mol. The summed E-state index contributed by atoms with van der Waals surface area (Å²) >= 11 is 0. The molecule has 5 nitrogen and oxygen atoms in total. The molecule has 3 fully saturated rings. The quantitative estimate of drug-likeness (QED) is 0.374. The number of halogens is 1. The van der Waals surface area contributed by atoms with Crippen LogP contribution in [0.2, 0.25) is 0 Å². The zero-order valence-electron chi connectivity index (χ0n) is 16.3. The molecule has 0 aromatic heterocycles. The summed E-state index contributed by atoms with van der Waals surface area (Å²) in [7, 11) is 0. The third-order valence-corrected chi connectivity index (χ3v) is 5.28. The fourth-order valence-corrected chi connectivity index (χ4v) is 3.70. The maximum Gasteiger partial charge on any atom is 0.248 e. The minimum Gasteiger partial charge on any atom is -0.348 e. The molecule has 0 aromatic carbocycles. The minimum atomic E-state index is -1.11. The number of allylic oxidation sites excluding steroid dienone is 3. The lowest BCUT2D eigenvalue weighted by atomic mass is 9.84. The number of piperidine rings is 3. The smallest absolute Gasteiger partial charge is 0.248 e. The predicted molar refractivity (Wildman–Crippen MR) is 106 cm³/mol. The van der Waals surface area contributed by atoms with E-state index in [9.17, 15) is 9.18 Å². The minimum absolute atomic E-state index is 0. The number of hydrogen-bond donors (Lipinski definition) is 2. The molecule has 6 heteroatoms. The lowest BCUT2D eigenvalue weighted by Gasteiger charge is -2.45. The van der Waals surface area contributed by atoms with E-state index in [2.05, 4.69) is 22.2 Å². The molecule has 2 N–H and O–H groups in total. The molecule has 0 unspecified atom stereocenters. The van der Waals surface area contributed by atoms with Gasteiger partial charge in [0.05, 0.1) is 0 Å². The van der Waals surface area contributed by atoms with Crippen LogP contribution in [0.5, 0.6) is 0 Å². The number of nitrogens with zero attached hydrogens (tertiary/aromatic N) is 2. The number of alkyl halides is 1. The Labute approximate surface area is 158 Å². The number of carbonyl (C=O) groups excluding carboxylic acids is 1. The summed E-state index contributed by atoms with van der Waals surface area (Å²) in [6.07, 6.45) is 6.34. The molecular formula is C20H35FN4O. The maximum atomic E-state index is 13.7. The highest BCUT2D eigenvalue weighted by molar-refractivity contribution is 5.92. The largest absolute Gasteiger partial charge is 0.348 e. The van der Waals surface area contributed by atoms with Crippen molar-refractivity contribution in [2.75, 3.05) is 26.2 Å². The first-order valence-electron chi connectivity index (χ1n) is 9.64. The van der Waals surface area contributed by atoms with E-state index in [-0.39, 0.29) is 19.8 Å². The Kier molecular flexibility index (Phi) is 7.85. The first kappa shape index (κ1) is 20.6. The van der Waals surface area contributed by atoms with Crippen molar-refractivity contribution in [1.82, 2.24) is 20.7 Å². The second kappa shape index (κ2) is 9.88. The van der Waals surface area contributed by atoms with Crippen LogP contribution in [-0.2, 0) is 4.79 Å². The number of hydrogen-bond acceptors (Lipinski definition) is 4. The zero-order valence-corrected chi connectivity index (χ0v) is 16.3. The summed E-state index contributed by atoms with van der Waals surface area (Å²) in [5.74, 6) is 0.537. The van der Waals surface area contributed by atoms with E-state index in [0.29, 0.717) is 18.0 Å². The van der Waals surface area contributed by atoms with Gasteiger partial charge in [-0.3, -0.25) is 9.80 Å². The van der Waals surface area contributed by atoms with Crippen LogP contribution in [0, 0.1) is 5.92 Å². The molecule has 3 heterocycles. The van der Waals surface area contributed by atoms with Crippen molar-refractivity contribution < 1.29 is 10.6 Å². The molecule has 0 radical (unpaired) electrons. The molecule has 3 saturated heterocycles. The van der Waals surface area contributed by atoms with Gasteiger partial charge in [0.15, 0.2) is 0 Å². The van der Waals surface area contributed by atoms with Gasteiger partial charge in [-0.1, -0.05) is 19.1 Å². The molecule has 0 aromatic rings. The summed E-state index contributed by atoms with van der Waals surface area (Å²) in [6.45, 7) is 13.1. The van der Waals surface area contributed by atoms with Crippen molar-refractivity contribution >= 4 is 5.91 Å². The Bertz CT molecular complexity index is 558. The van der Waals surface area contributed by atoms with E-state index in [1.807, 2.05) is 19.9 Å². The molecule has 1 amide bonds. The predicted octanol–water partition coefficient (Wildman–Crippen LogP) is 2.99. The highest BCUT2D eigenvalue weighted by Crippen LogP contribution is 2.27.